The third-order valence-electron chi connectivity index (χ3n) is 2.56. The molecule has 3 aromatic rings. The van der Waals surface area contributed by atoms with Crippen LogP contribution in [0.5, 0.6) is 0 Å². The Balaban J connectivity index is 1.88. The van der Waals surface area contributed by atoms with Gasteiger partial charge in [0.15, 0.2) is 0 Å². The number of aromatic nitrogens is 2. The van der Waals surface area contributed by atoms with Crippen LogP contribution in [0.25, 0.3) is 10.2 Å². The Hall–Kier alpha value is -1.79. The maximum Gasteiger partial charge on any atom is 0.275 e. The predicted octanol–water partition coefficient (Wildman–Crippen LogP) is 3.71. The van der Waals surface area contributed by atoms with Crippen molar-refractivity contribution >= 4 is 49.1 Å². The number of halogens is 1. The van der Waals surface area contributed by atoms with E-state index >= 15 is 0 Å². The third kappa shape index (κ3) is 2.50. The highest BCUT2D eigenvalue weighted by atomic mass is 79.9. The van der Waals surface area contributed by atoms with Crippen LogP contribution >= 0.6 is 27.3 Å². The lowest BCUT2D eigenvalue weighted by atomic mass is 10.2. The first-order chi connectivity index (χ1) is 9.24. The maximum atomic E-state index is 12.1. The van der Waals surface area contributed by atoms with Crippen molar-refractivity contribution in [3.05, 3.63) is 52.2 Å². The molecule has 2 heterocycles. The number of amides is 1. The van der Waals surface area contributed by atoms with Gasteiger partial charge in [-0.05, 0) is 46.3 Å². The second-order valence-electron chi connectivity index (χ2n) is 3.82. The number of fused-ring (bicyclic) bond motifs is 1. The minimum atomic E-state index is -0.239. The standard InChI is InChI=1S/C13H8BrN3OS/c14-9-2-1-5-15-12(9)13(18)17-8-3-4-10-11(6-8)19-7-16-10/h1-7H,(H,17,18). The highest BCUT2D eigenvalue weighted by molar-refractivity contribution is 9.10. The average Bonchev–Trinajstić information content (AvgIpc) is 2.86. The normalized spacial score (nSPS) is 10.6. The van der Waals surface area contributed by atoms with Crippen LogP contribution < -0.4 is 5.32 Å². The maximum absolute atomic E-state index is 12.1. The van der Waals surface area contributed by atoms with E-state index in [1.165, 1.54) is 0 Å². The molecule has 3 rings (SSSR count). The Morgan fingerprint density at radius 1 is 1.26 bits per heavy atom. The molecule has 19 heavy (non-hydrogen) atoms. The second-order valence-corrected chi connectivity index (χ2v) is 5.56. The third-order valence-corrected chi connectivity index (χ3v) is 3.99. The van der Waals surface area contributed by atoms with Crippen LogP contribution in [0.4, 0.5) is 5.69 Å². The quantitative estimate of drug-likeness (QED) is 0.777. The van der Waals surface area contributed by atoms with Crippen LogP contribution in [-0.2, 0) is 0 Å². The molecular formula is C13H8BrN3OS. The molecule has 0 bridgehead atoms. The molecule has 0 aliphatic heterocycles. The number of anilines is 1. The molecule has 0 radical (unpaired) electrons. The number of nitrogens with zero attached hydrogens (tertiary/aromatic N) is 2. The van der Waals surface area contributed by atoms with Gasteiger partial charge in [-0.3, -0.25) is 4.79 Å². The zero-order valence-corrected chi connectivity index (χ0v) is 12.0. The summed E-state index contributed by atoms with van der Waals surface area (Å²) in [5.74, 6) is -0.239. The van der Waals surface area contributed by atoms with E-state index in [0.717, 1.165) is 15.9 Å². The molecule has 0 saturated carbocycles. The lowest BCUT2D eigenvalue weighted by Crippen LogP contribution is -2.14. The van der Waals surface area contributed by atoms with Crippen LogP contribution in [0.3, 0.4) is 0 Å². The van der Waals surface area contributed by atoms with Gasteiger partial charge in [0, 0.05) is 16.4 Å². The van der Waals surface area contributed by atoms with Crippen molar-refractivity contribution in [1.82, 2.24) is 9.97 Å². The van der Waals surface area contributed by atoms with Crippen molar-refractivity contribution < 1.29 is 4.79 Å². The number of thiazole rings is 1. The molecule has 0 saturated heterocycles. The van der Waals surface area contributed by atoms with Crippen LogP contribution in [0.2, 0.25) is 0 Å². The molecule has 1 N–H and O–H groups in total. The Morgan fingerprint density at radius 2 is 2.16 bits per heavy atom. The second kappa shape index (κ2) is 5.07. The molecule has 94 valence electrons. The Morgan fingerprint density at radius 3 is 3.00 bits per heavy atom. The van der Waals surface area contributed by atoms with E-state index in [0.29, 0.717) is 10.2 Å². The zero-order valence-electron chi connectivity index (χ0n) is 9.63. The van der Waals surface area contributed by atoms with Crippen LogP contribution in [-0.4, -0.2) is 15.9 Å². The largest absolute Gasteiger partial charge is 0.321 e. The van der Waals surface area contributed by atoms with E-state index in [2.05, 4.69) is 31.2 Å². The van der Waals surface area contributed by atoms with E-state index in [-0.39, 0.29) is 5.91 Å². The first-order valence-electron chi connectivity index (χ1n) is 5.49. The minimum absolute atomic E-state index is 0.239. The molecule has 0 aliphatic rings. The molecule has 0 unspecified atom stereocenters. The lowest BCUT2D eigenvalue weighted by Gasteiger charge is -2.05. The molecule has 2 aromatic heterocycles. The minimum Gasteiger partial charge on any atom is -0.321 e. The van der Waals surface area contributed by atoms with Gasteiger partial charge in [0.1, 0.15) is 5.69 Å². The summed E-state index contributed by atoms with van der Waals surface area (Å²) in [4.78, 5) is 20.3. The molecule has 0 aliphatic carbocycles. The fourth-order valence-electron chi connectivity index (χ4n) is 1.68. The number of nitrogens with one attached hydrogen (secondary N) is 1. The van der Waals surface area contributed by atoms with E-state index in [9.17, 15) is 4.79 Å². The Bertz CT molecular complexity index is 756. The van der Waals surface area contributed by atoms with Crippen molar-refractivity contribution in [3.8, 4) is 0 Å². The highest BCUT2D eigenvalue weighted by Gasteiger charge is 2.11. The fraction of sp³-hybridized carbons (Fsp3) is 0. The van der Waals surface area contributed by atoms with E-state index in [1.807, 2.05) is 18.2 Å². The zero-order chi connectivity index (χ0) is 13.2. The number of hydrogen-bond donors (Lipinski definition) is 1. The summed E-state index contributed by atoms with van der Waals surface area (Å²) >= 11 is 4.85. The van der Waals surface area contributed by atoms with Gasteiger partial charge >= 0.3 is 0 Å². The Kier molecular flexibility index (Phi) is 3.27. The number of rotatable bonds is 2. The average molecular weight is 334 g/mol. The molecule has 0 atom stereocenters. The van der Waals surface area contributed by atoms with E-state index in [4.69, 9.17) is 0 Å². The summed E-state index contributed by atoms with van der Waals surface area (Å²) in [7, 11) is 0. The smallest absolute Gasteiger partial charge is 0.275 e. The number of carbonyl (C=O) groups is 1. The molecule has 6 heteroatoms. The van der Waals surface area contributed by atoms with E-state index < -0.39 is 0 Å². The molecule has 1 aromatic carbocycles. The van der Waals surface area contributed by atoms with Crippen molar-refractivity contribution in [2.45, 2.75) is 0 Å². The van der Waals surface area contributed by atoms with E-state index in [1.54, 1.807) is 35.2 Å². The molecular weight excluding hydrogens is 326 g/mol. The molecule has 4 nitrogen and oxygen atoms in total. The highest BCUT2D eigenvalue weighted by Crippen LogP contribution is 2.22. The van der Waals surface area contributed by atoms with Crippen molar-refractivity contribution in [3.63, 3.8) is 0 Å². The summed E-state index contributed by atoms with van der Waals surface area (Å²) in [6.45, 7) is 0. The van der Waals surface area contributed by atoms with Gasteiger partial charge in [0.25, 0.3) is 5.91 Å². The summed E-state index contributed by atoms with van der Waals surface area (Å²) in [6.07, 6.45) is 1.59. The van der Waals surface area contributed by atoms with Gasteiger partial charge in [0.05, 0.1) is 15.7 Å². The first kappa shape index (κ1) is 12.3. The Labute approximate surface area is 121 Å². The number of benzene rings is 1. The summed E-state index contributed by atoms with van der Waals surface area (Å²) in [5.41, 5.74) is 3.82. The molecule has 0 spiro atoms. The van der Waals surface area contributed by atoms with Gasteiger partial charge in [-0.15, -0.1) is 11.3 Å². The summed E-state index contributed by atoms with van der Waals surface area (Å²) in [5, 5.41) is 2.83. The lowest BCUT2D eigenvalue weighted by molar-refractivity contribution is 0.102. The first-order valence-corrected chi connectivity index (χ1v) is 7.16. The summed E-state index contributed by atoms with van der Waals surface area (Å²) in [6, 6.07) is 9.17. The van der Waals surface area contributed by atoms with Gasteiger partial charge in [-0.1, -0.05) is 0 Å². The van der Waals surface area contributed by atoms with Gasteiger partial charge in [0.2, 0.25) is 0 Å². The topological polar surface area (TPSA) is 54.9 Å². The van der Waals surface area contributed by atoms with Gasteiger partial charge in [-0.25, -0.2) is 9.97 Å². The van der Waals surface area contributed by atoms with Crippen LogP contribution in [0, 0.1) is 0 Å². The van der Waals surface area contributed by atoms with Gasteiger partial charge < -0.3 is 5.32 Å². The molecule has 0 fully saturated rings. The predicted molar refractivity (Wildman–Crippen MR) is 79.5 cm³/mol. The monoisotopic (exact) mass is 333 g/mol. The van der Waals surface area contributed by atoms with Crippen molar-refractivity contribution in [2.75, 3.05) is 5.32 Å². The van der Waals surface area contributed by atoms with Gasteiger partial charge in [-0.2, -0.15) is 0 Å². The van der Waals surface area contributed by atoms with Crippen molar-refractivity contribution in [2.24, 2.45) is 0 Å². The summed E-state index contributed by atoms with van der Waals surface area (Å²) < 4.78 is 1.71. The number of hydrogen-bond acceptors (Lipinski definition) is 4. The number of carbonyl (C=O) groups excluding carboxylic acids is 1. The van der Waals surface area contributed by atoms with Crippen LogP contribution in [0.15, 0.2) is 46.5 Å². The van der Waals surface area contributed by atoms with Crippen LogP contribution in [0.1, 0.15) is 10.5 Å². The molecule has 1 amide bonds. The SMILES string of the molecule is O=C(Nc1ccc2ncsc2c1)c1ncccc1Br. The number of pyridine rings is 1. The van der Waals surface area contributed by atoms with Crippen molar-refractivity contribution in [1.29, 1.82) is 0 Å². The fourth-order valence-corrected chi connectivity index (χ4v) is 2.83.